The molecule has 1 aromatic heterocycles. The highest BCUT2D eigenvalue weighted by Crippen LogP contribution is 2.26. The normalized spacial score (nSPS) is 13.3. The number of aryl methyl sites for hydroxylation is 3. The molecule has 0 spiro atoms. The standard InChI is InChI=1S/C18H19N3/c1-2-13-6-5-8-16(10-13)20-18-15(12-19)11-14-7-3-4-9-17(14)21-18/h5-6,8,10-11H,2-4,7,9H2,1H3,(H,20,21). The summed E-state index contributed by atoms with van der Waals surface area (Å²) >= 11 is 0. The molecule has 0 bridgehead atoms. The summed E-state index contributed by atoms with van der Waals surface area (Å²) in [6.07, 6.45) is 5.45. The number of hydrogen-bond donors (Lipinski definition) is 1. The lowest BCUT2D eigenvalue weighted by Crippen LogP contribution is -2.09. The maximum Gasteiger partial charge on any atom is 0.148 e. The van der Waals surface area contributed by atoms with E-state index in [1.54, 1.807) is 0 Å². The summed E-state index contributed by atoms with van der Waals surface area (Å²) in [5, 5.41) is 12.7. The first-order chi connectivity index (χ1) is 10.3. The number of benzene rings is 1. The molecule has 1 aliphatic carbocycles. The highest BCUT2D eigenvalue weighted by atomic mass is 15.0. The van der Waals surface area contributed by atoms with Crippen molar-refractivity contribution in [2.75, 3.05) is 5.32 Å². The fourth-order valence-corrected chi connectivity index (χ4v) is 2.82. The van der Waals surface area contributed by atoms with Crippen LogP contribution in [0.3, 0.4) is 0 Å². The Labute approximate surface area is 125 Å². The molecule has 1 aromatic carbocycles. The summed E-state index contributed by atoms with van der Waals surface area (Å²) < 4.78 is 0. The smallest absolute Gasteiger partial charge is 0.148 e. The van der Waals surface area contributed by atoms with Crippen molar-refractivity contribution in [2.24, 2.45) is 0 Å². The van der Waals surface area contributed by atoms with E-state index in [0.717, 1.165) is 30.6 Å². The summed E-state index contributed by atoms with van der Waals surface area (Å²) in [4.78, 5) is 4.70. The molecule has 1 heterocycles. The first-order valence-electron chi connectivity index (χ1n) is 7.59. The van der Waals surface area contributed by atoms with E-state index in [0.29, 0.717) is 11.4 Å². The molecule has 3 nitrogen and oxygen atoms in total. The molecule has 0 unspecified atom stereocenters. The Morgan fingerprint density at radius 3 is 2.90 bits per heavy atom. The lowest BCUT2D eigenvalue weighted by atomic mass is 9.95. The lowest BCUT2D eigenvalue weighted by Gasteiger charge is -2.17. The highest BCUT2D eigenvalue weighted by molar-refractivity contribution is 5.64. The van der Waals surface area contributed by atoms with Gasteiger partial charge in [0.1, 0.15) is 11.9 Å². The van der Waals surface area contributed by atoms with Gasteiger partial charge in [-0.05, 0) is 61.4 Å². The SMILES string of the molecule is CCc1cccc(Nc2nc3c(cc2C#N)CCCC3)c1. The zero-order valence-corrected chi connectivity index (χ0v) is 12.3. The summed E-state index contributed by atoms with van der Waals surface area (Å²) in [5.74, 6) is 0.686. The van der Waals surface area contributed by atoms with E-state index in [2.05, 4.69) is 30.4 Å². The first kappa shape index (κ1) is 13.6. The van der Waals surface area contributed by atoms with Crippen molar-refractivity contribution in [3.05, 3.63) is 52.7 Å². The number of pyridine rings is 1. The molecule has 2 aromatic rings. The molecular weight excluding hydrogens is 258 g/mol. The minimum absolute atomic E-state index is 0.637. The third kappa shape index (κ3) is 2.90. The molecule has 1 N–H and O–H groups in total. The minimum atomic E-state index is 0.637. The molecule has 0 radical (unpaired) electrons. The maximum atomic E-state index is 9.37. The number of nitrogens with one attached hydrogen (secondary N) is 1. The van der Waals surface area contributed by atoms with Crippen LogP contribution in [0.25, 0.3) is 0 Å². The molecule has 0 saturated carbocycles. The van der Waals surface area contributed by atoms with Crippen molar-refractivity contribution >= 4 is 11.5 Å². The quantitative estimate of drug-likeness (QED) is 0.917. The molecule has 3 heteroatoms. The molecule has 0 fully saturated rings. The number of fused-ring (bicyclic) bond motifs is 1. The van der Waals surface area contributed by atoms with E-state index in [-0.39, 0.29) is 0 Å². The third-order valence-corrected chi connectivity index (χ3v) is 4.02. The number of rotatable bonds is 3. The van der Waals surface area contributed by atoms with Gasteiger partial charge in [-0.1, -0.05) is 19.1 Å². The zero-order valence-electron chi connectivity index (χ0n) is 12.3. The van der Waals surface area contributed by atoms with Gasteiger partial charge in [-0.3, -0.25) is 0 Å². The Kier molecular flexibility index (Phi) is 3.87. The molecule has 0 amide bonds. The molecule has 106 valence electrons. The summed E-state index contributed by atoms with van der Waals surface area (Å²) in [5.41, 5.74) is 5.29. The van der Waals surface area contributed by atoms with Crippen molar-refractivity contribution in [3.63, 3.8) is 0 Å². The second-order valence-electron chi connectivity index (χ2n) is 5.49. The van der Waals surface area contributed by atoms with Crippen LogP contribution in [-0.4, -0.2) is 4.98 Å². The van der Waals surface area contributed by atoms with Crippen LogP contribution in [0, 0.1) is 11.3 Å². The van der Waals surface area contributed by atoms with Gasteiger partial charge in [-0.15, -0.1) is 0 Å². The average molecular weight is 277 g/mol. The second kappa shape index (κ2) is 5.97. The maximum absolute atomic E-state index is 9.37. The second-order valence-corrected chi connectivity index (χ2v) is 5.49. The van der Waals surface area contributed by atoms with Gasteiger partial charge in [0.15, 0.2) is 0 Å². The molecule has 1 aliphatic rings. The van der Waals surface area contributed by atoms with Crippen molar-refractivity contribution in [1.29, 1.82) is 5.26 Å². The Morgan fingerprint density at radius 1 is 1.24 bits per heavy atom. The third-order valence-electron chi connectivity index (χ3n) is 4.02. The van der Waals surface area contributed by atoms with Gasteiger partial charge >= 0.3 is 0 Å². The summed E-state index contributed by atoms with van der Waals surface area (Å²) in [7, 11) is 0. The van der Waals surface area contributed by atoms with E-state index < -0.39 is 0 Å². The lowest BCUT2D eigenvalue weighted by molar-refractivity contribution is 0.668. The molecule has 3 rings (SSSR count). The van der Waals surface area contributed by atoms with Gasteiger partial charge in [-0.2, -0.15) is 5.26 Å². The van der Waals surface area contributed by atoms with E-state index in [9.17, 15) is 5.26 Å². The van der Waals surface area contributed by atoms with Gasteiger partial charge in [-0.25, -0.2) is 4.98 Å². The Balaban J connectivity index is 1.95. The largest absolute Gasteiger partial charge is 0.339 e. The van der Waals surface area contributed by atoms with E-state index in [4.69, 9.17) is 4.98 Å². The predicted molar refractivity (Wildman–Crippen MR) is 84.7 cm³/mol. The van der Waals surface area contributed by atoms with E-state index in [1.807, 2.05) is 18.2 Å². The van der Waals surface area contributed by atoms with E-state index >= 15 is 0 Å². The fourth-order valence-electron chi connectivity index (χ4n) is 2.82. The van der Waals surface area contributed by atoms with Gasteiger partial charge in [0, 0.05) is 11.4 Å². The van der Waals surface area contributed by atoms with Crippen molar-refractivity contribution < 1.29 is 0 Å². The zero-order chi connectivity index (χ0) is 14.7. The van der Waals surface area contributed by atoms with Crippen LogP contribution in [0.1, 0.15) is 42.1 Å². The van der Waals surface area contributed by atoms with Gasteiger partial charge in [0.2, 0.25) is 0 Å². The van der Waals surface area contributed by atoms with Crippen LogP contribution in [0.15, 0.2) is 30.3 Å². The van der Waals surface area contributed by atoms with Crippen LogP contribution >= 0.6 is 0 Å². The Hall–Kier alpha value is -2.34. The van der Waals surface area contributed by atoms with Crippen LogP contribution in [0.4, 0.5) is 11.5 Å². The van der Waals surface area contributed by atoms with Crippen molar-refractivity contribution in [1.82, 2.24) is 4.98 Å². The van der Waals surface area contributed by atoms with Gasteiger partial charge < -0.3 is 5.32 Å². The molecular formula is C18H19N3. The molecule has 21 heavy (non-hydrogen) atoms. The Morgan fingerprint density at radius 2 is 2.10 bits per heavy atom. The highest BCUT2D eigenvalue weighted by Gasteiger charge is 2.15. The monoisotopic (exact) mass is 277 g/mol. The van der Waals surface area contributed by atoms with Gasteiger partial charge in [0.25, 0.3) is 0 Å². The average Bonchev–Trinajstić information content (AvgIpc) is 2.54. The number of nitriles is 1. The van der Waals surface area contributed by atoms with Crippen LogP contribution in [0.2, 0.25) is 0 Å². The molecule has 0 atom stereocenters. The molecule has 0 saturated heterocycles. The minimum Gasteiger partial charge on any atom is -0.339 e. The molecule has 0 aliphatic heterocycles. The fraction of sp³-hybridized carbons (Fsp3) is 0.333. The summed E-state index contributed by atoms with van der Waals surface area (Å²) in [6.45, 7) is 2.14. The van der Waals surface area contributed by atoms with Crippen molar-refractivity contribution in [3.8, 4) is 6.07 Å². The topological polar surface area (TPSA) is 48.7 Å². The van der Waals surface area contributed by atoms with Crippen LogP contribution in [-0.2, 0) is 19.3 Å². The van der Waals surface area contributed by atoms with Crippen LogP contribution in [0.5, 0.6) is 0 Å². The number of hydrogen-bond acceptors (Lipinski definition) is 3. The van der Waals surface area contributed by atoms with Crippen LogP contribution < -0.4 is 5.32 Å². The van der Waals surface area contributed by atoms with E-state index in [1.165, 1.54) is 24.0 Å². The number of nitrogens with zero attached hydrogens (tertiary/aromatic N) is 2. The first-order valence-corrected chi connectivity index (χ1v) is 7.59. The Bertz CT molecular complexity index is 698. The van der Waals surface area contributed by atoms with Gasteiger partial charge in [0.05, 0.1) is 5.56 Å². The van der Waals surface area contributed by atoms with Crippen molar-refractivity contribution in [2.45, 2.75) is 39.0 Å². The summed E-state index contributed by atoms with van der Waals surface area (Å²) in [6, 6.07) is 12.5. The number of aromatic nitrogens is 1. The predicted octanol–water partition coefficient (Wildman–Crippen LogP) is 4.14. The number of anilines is 2.